The summed E-state index contributed by atoms with van der Waals surface area (Å²) in [5.74, 6) is 2.40. The lowest BCUT2D eigenvalue weighted by Crippen LogP contribution is -2.66. The Kier molecular flexibility index (Phi) is 3.69. The summed E-state index contributed by atoms with van der Waals surface area (Å²) in [5, 5.41) is 0. The fourth-order valence-electron chi connectivity index (χ4n) is 4.91. The quantitative estimate of drug-likeness (QED) is 0.785. The lowest BCUT2D eigenvalue weighted by atomic mass is 9.78. The Morgan fingerprint density at radius 2 is 1.43 bits per heavy atom. The van der Waals surface area contributed by atoms with Crippen LogP contribution in [0.5, 0.6) is 0 Å². The van der Waals surface area contributed by atoms with E-state index in [9.17, 15) is 9.59 Å². The highest BCUT2D eigenvalue weighted by atomic mass is 16.2. The van der Waals surface area contributed by atoms with Gasteiger partial charge in [-0.05, 0) is 37.5 Å². The number of piperazine rings is 1. The molecule has 0 N–H and O–H groups in total. The van der Waals surface area contributed by atoms with E-state index in [1.165, 1.54) is 19.3 Å². The van der Waals surface area contributed by atoms with Crippen LogP contribution in [0.3, 0.4) is 0 Å². The van der Waals surface area contributed by atoms with Crippen LogP contribution in [0.25, 0.3) is 0 Å². The van der Waals surface area contributed by atoms with Gasteiger partial charge in [0.05, 0.1) is 5.54 Å². The van der Waals surface area contributed by atoms with Gasteiger partial charge in [-0.25, -0.2) is 0 Å². The van der Waals surface area contributed by atoms with Crippen LogP contribution in [-0.2, 0) is 9.59 Å². The molecule has 4 atom stereocenters. The number of rotatable bonds is 2. The minimum Gasteiger partial charge on any atom is -0.338 e. The molecule has 4 aliphatic rings. The summed E-state index contributed by atoms with van der Waals surface area (Å²) in [4.78, 5) is 29.9. The van der Waals surface area contributed by atoms with Crippen molar-refractivity contribution in [2.45, 2.75) is 64.3 Å². The number of amides is 2. The topological polar surface area (TPSA) is 40.6 Å². The van der Waals surface area contributed by atoms with Crippen LogP contribution in [0.2, 0.25) is 0 Å². The van der Waals surface area contributed by atoms with Gasteiger partial charge in [-0.2, -0.15) is 0 Å². The molecular weight excluding hydrogens is 288 g/mol. The number of hydrogen-bond donors (Lipinski definition) is 0. The first-order valence-electron chi connectivity index (χ1n) is 9.62. The predicted octanol–water partition coefficient (Wildman–Crippen LogP) is 2.67. The maximum Gasteiger partial charge on any atom is 0.226 e. The molecule has 1 spiro atoms. The number of carbonyl (C=O) groups is 2. The van der Waals surface area contributed by atoms with Gasteiger partial charge >= 0.3 is 0 Å². The Bertz CT molecular complexity index is 511. The van der Waals surface area contributed by atoms with Gasteiger partial charge in [0, 0.05) is 31.5 Å². The zero-order valence-electron chi connectivity index (χ0n) is 14.6. The SMILES string of the molecule is C[C@@H]1C[C@@H]1C(=O)N1CCN(C(=O)[C@@H]2C[C@H]2C)C2(CCCCC2)C1. The largest absolute Gasteiger partial charge is 0.338 e. The minimum atomic E-state index is -0.0519. The van der Waals surface area contributed by atoms with Gasteiger partial charge in [0.25, 0.3) is 0 Å². The maximum absolute atomic E-state index is 12.9. The zero-order valence-corrected chi connectivity index (χ0v) is 14.6. The van der Waals surface area contributed by atoms with Crippen molar-refractivity contribution in [2.75, 3.05) is 19.6 Å². The van der Waals surface area contributed by atoms with Crippen LogP contribution in [0.15, 0.2) is 0 Å². The van der Waals surface area contributed by atoms with Crippen molar-refractivity contribution in [3.63, 3.8) is 0 Å². The first kappa shape index (κ1) is 15.5. The van der Waals surface area contributed by atoms with Gasteiger partial charge in [-0.3, -0.25) is 9.59 Å². The molecule has 0 bridgehead atoms. The third-order valence-corrected chi connectivity index (χ3v) is 6.87. The Morgan fingerprint density at radius 1 is 0.870 bits per heavy atom. The molecular formula is C19H30N2O2. The average molecular weight is 318 g/mol. The molecule has 23 heavy (non-hydrogen) atoms. The van der Waals surface area contributed by atoms with Crippen molar-refractivity contribution in [1.82, 2.24) is 9.80 Å². The average Bonchev–Trinajstić information content (AvgIpc) is 3.45. The van der Waals surface area contributed by atoms with Crippen molar-refractivity contribution >= 4 is 11.8 Å². The summed E-state index contributed by atoms with van der Waals surface area (Å²) >= 11 is 0. The van der Waals surface area contributed by atoms with E-state index in [0.29, 0.717) is 23.7 Å². The van der Waals surface area contributed by atoms with E-state index >= 15 is 0 Å². The van der Waals surface area contributed by atoms with E-state index in [1.807, 2.05) is 0 Å². The van der Waals surface area contributed by atoms with Crippen LogP contribution >= 0.6 is 0 Å². The molecule has 1 heterocycles. The summed E-state index contributed by atoms with van der Waals surface area (Å²) in [7, 11) is 0. The molecule has 4 heteroatoms. The van der Waals surface area contributed by atoms with Gasteiger partial charge in [0.2, 0.25) is 11.8 Å². The van der Waals surface area contributed by atoms with E-state index in [1.54, 1.807) is 0 Å². The van der Waals surface area contributed by atoms with Crippen molar-refractivity contribution in [3.8, 4) is 0 Å². The highest BCUT2D eigenvalue weighted by Crippen LogP contribution is 2.45. The third-order valence-electron chi connectivity index (χ3n) is 6.87. The van der Waals surface area contributed by atoms with Crippen LogP contribution < -0.4 is 0 Å². The van der Waals surface area contributed by atoms with Gasteiger partial charge < -0.3 is 9.80 Å². The Morgan fingerprint density at radius 3 is 2.00 bits per heavy atom. The smallest absolute Gasteiger partial charge is 0.226 e. The molecule has 3 saturated carbocycles. The van der Waals surface area contributed by atoms with Gasteiger partial charge in [-0.15, -0.1) is 0 Å². The second-order valence-electron chi connectivity index (χ2n) is 8.67. The summed E-state index contributed by atoms with van der Waals surface area (Å²) < 4.78 is 0. The number of carbonyl (C=O) groups excluding carboxylic acids is 2. The Hall–Kier alpha value is -1.06. The van der Waals surface area contributed by atoms with E-state index in [0.717, 1.165) is 45.3 Å². The summed E-state index contributed by atoms with van der Waals surface area (Å²) in [5.41, 5.74) is -0.0519. The molecule has 0 aromatic heterocycles. The highest BCUT2D eigenvalue weighted by molar-refractivity contribution is 5.84. The van der Waals surface area contributed by atoms with E-state index in [4.69, 9.17) is 0 Å². The molecule has 1 saturated heterocycles. The summed E-state index contributed by atoms with van der Waals surface area (Å²) in [6.45, 7) is 6.66. The van der Waals surface area contributed by atoms with Crippen molar-refractivity contribution in [3.05, 3.63) is 0 Å². The molecule has 0 aromatic carbocycles. The fraction of sp³-hybridized carbons (Fsp3) is 0.895. The minimum absolute atomic E-state index is 0.0519. The molecule has 4 rings (SSSR count). The van der Waals surface area contributed by atoms with Crippen molar-refractivity contribution in [1.29, 1.82) is 0 Å². The molecule has 128 valence electrons. The highest BCUT2D eigenvalue weighted by Gasteiger charge is 2.52. The number of hydrogen-bond acceptors (Lipinski definition) is 2. The second-order valence-corrected chi connectivity index (χ2v) is 8.67. The Balaban J connectivity index is 1.52. The molecule has 4 nitrogen and oxygen atoms in total. The first-order valence-corrected chi connectivity index (χ1v) is 9.62. The molecule has 0 unspecified atom stereocenters. The summed E-state index contributed by atoms with van der Waals surface area (Å²) in [6, 6.07) is 0. The fourth-order valence-corrected chi connectivity index (χ4v) is 4.91. The molecule has 0 radical (unpaired) electrons. The lowest BCUT2D eigenvalue weighted by molar-refractivity contribution is -0.153. The molecule has 3 aliphatic carbocycles. The molecule has 2 amide bonds. The maximum atomic E-state index is 12.9. The van der Waals surface area contributed by atoms with Crippen molar-refractivity contribution < 1.29 is 9.59 Å². The number of nitrogens with zero attached hydrogens (tertiary/aromatic N) is 2. The lowest BCUT2D eigenvalue weighted by Gasteiger charge is -2.53. The molecule has 1 aliphatic heterocycles. The van der Waals surface area contributed by atoms with Crippen LogP contribution in [0.1, 0.15) is 58.8 Å². The second kappa shape index (κ2) is 5.49. The van der Waals surface area contributed by atoms with Gasteiger partial charge in [-0.1, -0.05) is 33.1 Å². The monoisotopic (exact) mass is 318 g/mol. The van der Waals surface area contributed by atoms with E-state index in [2.05, 4.69) is 23.6 Å². The van der Waals surface area contributed by atoms with E-state index < -0.39 is 0 Å². The normalized spacial score (nSPS) is 38.5. The third kappa shape index (κ3) is 2.68. The van der Waals surface area contributed by atoms with Gasteiger partial charge in [0.1, 0.15) is 0 Å². The molecule has 0 aromatic rings. The van der Waals surface area contributed by atoms with Gasteiger partial charge in [0.15, 0.2) is 0 Å². The Labute approximate surface area is 139 Å². The zero-order chi connectivity index (χ0) is 16.2. The van der Waals surface area contributed by atoms with Crippen LogP contribution in [-0.4, -0.2) is 46.8 Å². The first-order chi connectivity index (χ1) is 11.0. The van der Waals surface area contributed by atoms with E-state index in [-0.39, 0.29) is 17.4 Å². The summed E-state index contributed by atoms with van der Waals surface area (Å²) in [6.07, 6.45) is 7.97. The molecule has 4 fully saturated rings. The van der Waals surface area contributed by atoms with Crippen molar-refractivity contribution in [2.24, 2.45) is 23.7 Å². The van der Waals surface area contributed by atoms with Crippen LogP contribution in [0.4, 0.5) is 0 Å². The van der Waals surface area contributed by atoms with Crippen LogP contribution in [0, 0.1) is 23.7 Å². The predicted molar refractivity (Wildman–Crippen MR) is 88.7 cm³/mol. The standard InChI is InChI=1S/C19H30N2O2/c1-13-10-15(13)17(22)20-8-9-21(18(23)16-11-14(16)2)19(12-20)6-4-3-5-7-19/h13-16H,3-12H2,1-2H3/t13-,14-,15+,16-/m1/s1.